The Morgan fingerprint density at radius 3 is 2.70 bits per heavy atom. The van der Waals surface area contributed by atoms with Gasteiger partial charge in [-0.2, -0.15) is 0 Å². The molecule has 3 amide bonds. The van der Waals surface area contributed by atoms with Crippen molar-refractivity contribution in [3.05, 3.63) is 39.4 Å². The largest absolute Gasteiger partial charge is 0.383 e. The third kappa shape index (κ3) is 3.19. The predicted molar refractivity (Wildman–Crippen MR) is 77.9 cm³/mol. The molecule has 0 spiro atoms. The molecule has 122 valence electrons. The molecule has 1 atom stereocenters. The fourth-order valence-corrected chi connectivity index (χ4v) is 2.37. The lowest BCUT2D eigenvalue weighted by atomic mass is 10.1. The average Bonchev–Trinajstić information content (AvgIpc) is 2.72. The Hall–Kier alpha value is -2.81. The molecule has 9 heteroatoms. The van der Waals surface area contributed by atoms with Gasteiger partial charge in [0.25, 0.3) is 17.5 Å². The summed E-state index contributed by atoms with van der Waals surface area (Å²) in [7, 11) is 1.48. The second-order valence-electron chi connectivity index (χ2n) is 5.08. The number of amides is 3. The highest BCUT2D eigenvalue weighted by molar-refractivity contribution is 6.24. The van der Waals surface area contributed by atoms with E-state index >= 15 is 0 Å². The van der Waals surface area contributed by atoms with Gasteiger partial charge in [0.15, 0.2) is 0 Å². The SMILES string of the molecule is COC[C@@H](C)NC(=O)CN1C(=O)c2cccc([N+](=O)[O-])c2C1=O. The van der Waals surface area contributed by atoms with Crippen LogP contribution in [0.4, 0.5) is 5.69 Å². The summed E-state index contributed by atoms with van der Waals surface area (Å²) in [5, 5.41) is 13.6. The summed E-state index contributed by atoms with van der Waals surface area (Å²) in [6, 6.07) is 3.51. The Morgan fingerprint density at radius 2 is 2.09 bits per heavy atom. The minimum Gasteiger partial charge on any atom is -0.383 e. The fraction of sp³-hybridized carbons (Fsp3) is 0.357. The van der Waals surface area contributed by atoms with Crippen molar-refractivity contribution in [3.63, 3.8) is 0 Å². The van der Waals surface area contributed by atoms with Crippen LogP contribution in [-0.2, 0) is 9.53 Å². The maximum Gasteiger partial charge on any atom is 0.282 e. The summed E-state index contributed by atoms with van der Waals surface area (Å²) in [6.07, 6.45) is 0. The molecule has 0 fully saturated rings. The molecule has 0 bridgehead atoms. The van der Waals surface area contributed by atoms with Gasteiger partial charge in [0.05, 0.1) is 17.1 Å². The van der Waals surface area contributed by atoms with Gasteiger partial charge in [0.2, 0.25) is 5.91 Å². The zero-order valence-electron chi connectivity index (χ0n) is 12.6. The van der Waals surface area contributed by atoms with Crippen molar-refractivity contribution < 1.29 is 24.0 Å². The topological polar surface area (TPSA) is 119 Å². The zero-order valence-corrected chi connectivity index (χ0v) is 12.6. The Balaban J connectivity index is 2.19. The number of imide groups is 1. The molecule has 23 heavy (non-hydrogen) atoms. The third-order valence-electron chi connectivity index (χ3n) is 3.30. The minimum absolute atomic E-state index is 0.0676. The number of nitro benzene ring substituents is 1. The van der Waals surface area contributed by atoms with E-state index in [1.807, 2.05) is 0 Å². The maximum atomic E-state index is 12.3. The quantitative estimate of drug-likeness (QED) is 0.458. The van der Waals surface area contributed by atoms with E-state index in [-0.39, 0.29) is 23.8 Å². The van der Waals surface area contributed by atoms with Crippen LogP contribution in [-0.4, -0.2) is 53.8 Å². The number of methoxy groups -OCH3 is 1. The number of benzene rings is 1. The first kappa shape index (κ1) is 16.6. The van der Waals surface area contributed by atoms with Crippen LogP contribution >= 0.6 is 0 Å². The van der Waals surface area contributed by atoms with Gasteiger partial charge in [-0.05, 0) is 13.0 Å². The summed E-state index contributed by atoms with van der Waals surface area (Å²) >= 11 is 0. The van der Waals surface area contributed by atoms with Crippen molar-refractivity contribution in [2.24, 2.45) is 0 Å². The van der Waals surface area contributed by atoms with E-state index in [2.05, 4.69) is 5.32 Å². The van der Waals surface area contributed by atoms with Gasteiger partial charge < -0.3 is 10.1 Å². The van der Waals surface area contributed by atoms with E-state index in [0.29, 0.717) is 4.90 Å². The van der Waals surface area contributed by atoms with E-state index in [1.54, 1.807) is 6.92 Å². The van der Waals surface area contributed by atoms with Gasteiger partial charge in [0, 0.05) is 19.2 Å². The highest BCUT2D eigenvalue weighted by Gasteiger charge is 2.41. The van der Waals surface area contributed by atoms with Crippen molar-refractivity contribution in [2.75, 3.05) is 20.3 Å². The first-order chi connectivity index (χ1) is 10.9. The Kier molecular flexibility index (Phi) is 4.70. The van der Waals surface area contributed by atoms with Crippen molar-refractivity contribution in [2.45, 2.75) is 13.0 Å². The molecule has 1 aliphatic rings. The molecular weight excluding hydrogens is 306 g/mol. The highest BCUT2D eigenvalue weighted by Crippen LogP contribution is 2.30. The van der Waals surface area contributed by atoms with Crippen molar-refractivity contribution in [3.8, 4) is 0 Å². The lowest BCUT2D eigenvalue weighted by Gasteiger charge is -2.16. The van der Waals surface area contributed by atoms with E-state index < -0.39 is 34.9 Å². The second-order valence-corrected chi connectivity index (χ2v) is 5.08. The molecule has 0 radical (unpaired) electrons. The standard InChI is InChI=1S/C14H15N3O6/c1-8(7-23-2)15-11(18)6-16-13(19)9-4-3-5-10(17(21)22)12(9)14(16)20/h3-5,8H,6-7H2,1-2H3,(H,15,18)/t8-/m1/s1. The third-order valence-corrected chi connectivity index (χ3v) is 3.30. The number of carbonyl (C=O) groups excluding carboxylic acids is 3. The van der Waals surface area contributed by atoms with Gasteiger partial charge in [-0.3, -0.25) is 29.4 Å². The van der Waals surface area contributed by atoms with Crippen molar-refractivity contribution >= 4 is 23.4 Å². The average molecular weight is 321 g/mol. The predicted octanol–water partition coefficient (Wildman–Crippen LogP) is 0.342. The van der Waals surface area contributed by atoms with E-state index in [0.717, 1.165) is 6.07 Å². The molecule has 1 aliphatic heterocycles. The smallest absolute Gasteiger partial charge is 0.282 e. The van der Waals surface area contributed by atoms with Crippen molar-refractivity contribution in [1.82, 2.24) is 10.2 Å². The van der Waals surface area contributed by atoms with Crippen LogP contribution in [0.2, 0.25) is 0 Å². The summed E-state index contributed by atoms with van der Waals surface area (Å²) < 4.78 is 4.87. The molecule has 1 aromatic rings. The number of hydrogen-bond donors (Lipinski definition) is 1. The molecule has 2 rings (SSSR count). The van der Waals surface area contributed by atoms with E-state index in [4.69, 9.17) is 4.74 Å². The second kappa shape index (κ2) is 6.53. The van der Waals surface area contributed by atoms with Crippen LogP contribution < -0.4 is 5.32 Å². The zero-order chi connectivity index (χ0) is 17.1. The fourth-order valence-electron chi connectivity index (χ4n) is 2.37. The molecule has 0 aliphatic carbocycles. The number of ether oxygens (including phenoxy) is 1. The van der Waals surface area contributed by atoms with Gasteiger partial charge in [-0.25, -0.2) is 0 Å². The molecule has 1 N–H and O–H groups in total. The minimum atomic E-state index is -0.841. The lowest BCUT2D eigenvalue weighted by molar-refractivity contribution is -0.385. The van der Waals surface area contributed by atoms with Crippen LogP contribution in [0.25, 0.3) is 0 Å². The van der Waals surface area contributed by atoms with Gasteiger partial charge in [0.1, 0.15) is 12.1 Å². The molecule has 0 saturated carbocycles. The van der Waals surface area contributed by atoms with Gasteiger partial charge >= 0.3 is 0 Å². The number of nitrogens with one attached hydrogen (secondary N) is 1. The molecule has 1 heterocycles. The molecule has 9 nitrogen and oxygen atoms in total. The lowest BCUT2D eigenvalue weighted by Crippen LogP contribution is -2.44. The highest BCUT2D eigenvalue weighted by atomic mass is 16.6. The molecule has 0 saturated heterocycles. The van der Waals surface area contributed by atoms with Crippen LogP contribution in [0.5, 0.6) is 0 Å². The Bertz CT molecular complexity index is 687. The number of carbonyl (C=O) groups is 3. The molecule has 0 aromatic heterocycles. The van der Waals surface area contributed by atoms with Gasteiger partial charge in [-0.15, -0.1) is 0 Å². The van der Waals surface area contributed by atoms with Crippen LogP contribution in [0, 0.1) is 10.1 Å². The van der Waals surface area contributed by atoms with Gasteiger partial charge in [-0.1, -0.05) is 6.07 Å². The molecular formula is C14H15N3O6. The molecule has 0 unspecified atom stereocenters. The van der Waals surface area contributed by atoms with E-state index in [9.17, 15) is 24.5 Å². The summed E-state index contributed by atoms with van der Waals surface area (Å²) in [5.74, 6) is -2.11. The maximum absolute atomic E-state index is 12.3. The number of rotatable bonds is 6. The monoisotopic (exact) mass is 321 g/mol. The first-order valence-corrected chi connectivity index (χ1v) is 6.78. The number of nitrogens with zero attached hydrogens (tertiary/aromatic N) is 2. The number of nitro groups is 1. The summed E-state index contributed by atoms with van der Waals surface area (Å²) in [6.45, 7) is 1.48. The Labute approximate surface area is 131 Å². The van der Waals surface area contributed by atoms with Crippen LogP contribution in [0.1, 0.15) is 27.6 Å². The van der Waals surface area contributed by atoms with E-state index in [1.165, 1.54) is 19.2 Å². The number of hydrogen-bond acceptors (Lipinski definition) is 6. The summed E-state index contributed by atoms with van der Waals surface area (Å²) in [5.41, 5.74) is -0.793. The van der Waals surface area contributed by atoms with Crippen LogP contribution in [0.3, 0.4) is 0 Å². The summed E-state index contributed by atoms with van der Waals surface area (Å²) in [4.78, 5) is 47.3. The molecule has 1 aromatic carbocycles. The normalized spacial score (nSPS) is 14.6. The first-order valence-electron chi connectivity index (χ1n) is 6.78. The number of fused-ring (bicyclic) bond motifs is 1. The Morgan fingerprint density at radius 1 is 1.39 bits per heavy atom. The van der Waals surface area contributed by atoms with Crippen LogP contribution in [0.15, 0.2) is 18.2 Å². The van der Waals surface area contributed by atoms with Crippen molar-refractivity contribution in [1.29, 1.82) is 0 Å².